The molecule has 0 fully saturated rings. The molecule has 1 aromatic rings. The zero-order valence-corrected chi connectivity index (χ0v) is 12.0. The minimum Gasteiger partial charge on any atom is -0.480 e. The van der Waals surface area contributed by atoms with Crippen LogP contribution in [0, 0.1) is 0 Å². The summed E-state index contributed by atoms with van der Waals surface area (Å²) in [6, 6.07) is 1.08. The van der Waals surface area contributed by atoms with Crippen LogP contribution >= 0.6 is 11.3 Å². The molecule has 1 aliphatic heterocycles. The van der Waals surface area contributed by atoms with Gasteiger partial charge >= 0.3 is 12.1 Å². The zero-order valence-electron chi connectivity index (χ0n) is 11.2. The second-order valence-corrected chi connectivity index (χ2v) is 6.54. The van der Waals surface area contributed by atoms with Gasteiger partial charge in [0.15, 0.2) is 0 Å². The molecule has 1 N–H and O–H groups in total. The van der Waals surface area contributed by atoms with E-state index in [1.54, 1.807) is 20.8 Å². The van der Waals surface area contributed by atoms with E-state index >= 15 is 0 Å². The number of aliphatic carboxylic acids is 1. The van der Waals surface area contributed by atoms with E-state index in [9.17, 15) is 14.7 Å². The first-order valence-corrected chi connectivity index (χ1v) is 6.93. The monoisotopic (exact) mass is 283 g/mol. The SMILES string of the molecule is CC(C)(C)OC(=O)N1Cc2ccsc2CC1C(=O)O. The normalized spacial score (nSPS) is 18.9. The summed E-state index contributed by atoms with van der Waals surface area (Å²) in [5.41, 5.74) is 0.378. The Labute approximate surface area is 115 Å². The van der Waals surface area contributed by atoms with Gasteiger partial charge in [-0.2, -0.15) is 0 Å². The van der Waals surface area contributed by atoms with Crippen molar-refractivity contribution in [2.75, 3.05) is 0 Å². The van der Waals surface area contributed by atoms with Crippen molar-refractivity contribution in [3.8, 4) is 0 Å². The fourth-order valence-corrected chi connectivity index (χ4v) is 2.93. The van der Waals surface area contributed by atoms with Crippen molar-refractivity contribution in [3.05, 3.63) is 21.9 Å². The summed E-state index contributed by atoms with van der Waals surface area (Å²) >= 11 is 1.53. The van der Waals surface area contributed by atoms with E-state index in [1.165, 1.54) is 16.2 Å². The van der Waals surface area contributed by atoms with Crippen molar-refractivity contribution in [2.45, 2.75) is 45.4 Å². The van der Waals surface area contributed by atoms with Gasteiger partial charge in [0.1, 0.15) is 11.6 Å². The first kappa shape index (κ1) is 13.9. The molecule has 0 saturated carbocycles. The van der Waals surface area contributed by atoms with Crippen LogP contribution in [0.3, 0.4) is 0 Å². The molecule has 1 aliphatic rings. The second-order valence-electron chi connectivity index (χ2n) is 5.54. The summed E-state index contributed by atoms with van der Waals surface area (Å²) < 4.78 is 5.28. The lowest BCUT2D eigenvalue weighted by molar-refractivity contribution is -0.143. The third kappa shape index (κ3) is 3.07. The maximum absolute atomic E-state index is 12.1. The standard InChI is InChI=1S/C13H17NO4S/c1-13(2,3)18-12(17)14-7-8-4-5-19-10(8)6-9(14)11(15)16/h4-5,9H,6-7H2,1-3H3,(H,15,16). The Morgan fingerprint density at radius 1 is 1.47 bits per heavy atom. The van der Waals surface area contributed by atoms with Gasteiger partial charge in [0.2, 0.25) is 0 Å². The van der Waals surface area contributed by atoms with Gasteiger partial charge in [-0.15, -0.1) is 11.3 Å². The number of amides is 1. The van der Waals surface area contributed by atoms with Crippen molar-refractivity contribution in [3.63, 3.8) is 0 Å². The van der Waals surface area contributed by atoms with Gasteiger partial charge in [0, 0.05) is 11.3 Å². The van der Waals surface area contributed by atoms with Crippen molar-refractivity contribution >= 4 is 23.4 Å². The lowest BCUT2D eigenvalue weighted by Gasteiger charge is -2.34. The third-order valence-corrected chi connectivity index (χ3v) is 3.83. The number of hydrogen-bond donors (Lipinski definition) is 1. The average molecular weight is 283 g/mol. The van der Waals surface area contributed by atoms with Gasteiger partial charge in [-0.1, -0.05) is 0 Å². The van der Waals surface area contributed by atoms with Gasteiger partial charge in [0.25, 0.3) is 0 Å². The van der Waals surface area contributed by atoms with E-state index in [0.29, 0.717) is 13.0 Å². The van der Waals surface area contributed by atoms with Crippen LogP contribution in [-0.4, -0.2) is 33.7 Å². The van der Waals surface area contributed by atoms with Crippen LogP contribution in [-0.2, 0) is 22.5 Å². The predicted molar refractivity (Wildman–Crippen MR) is 71.2 cm³/mol. The molecule has 1 unspecified atom stereocenters. The molecule has 104 valence electrons. The molecule has 2 heterocycles. The van der Waals surface area contributed by atoms with E-state index in [0.717, 1.165) is 10.4 Å². The predicted octanol–water partition coefficient (Wildman–Crippen LogP) is 2.49. The number of hydrogen-bond acceptors (Lipinski definition) is 4. The Morgan fingerprint density at radius 2 is 2.16 bits per heavy atom. The highest BCUT2D eigenvalue weighted by Crippen LogP contribution is 2.29. The van der Waals surface area contributed by atoms with Crippen LogP contribution in [0.4, 0.5) is 4.79 Å². The van der Waals surface area contributed by atoms with Gasteiger partial charge in [0.05, 0.1) is 6.54 Å². The largest absolute Gasteiger partial charge is 0.480 e. The Balaban J connectivity index is 2.22. The fraction of sp³-hybridized carbons (Fsp3) is 0.538. The third-order valence-electron chi connectivity index (χ3n) is 2.85. The Hall–Kier alpha value is -1.56. The van der Waals surface area contributed by atoms with Gasteiger partial charge < -0.3 is 9.84 Å². The summed E-state index contributed by atoms with van der Waals surface area (Å²) in [6.45, 7) is 5.59. The maximum atomic E-state index is 12.1. The molecule has 6 heteroatoms. The first-order chi connectivity index (χ1) is 8.78. The number of carbonyl (C=O) groups is 2. The number of thiophene rings is 1. The van der Waals surface area contributed by atoms with Crippen molar-refractivity contribution in [2.24, 2.45) is 0 Å². The molecular weight excluding hydrogens is 266 g/mol. The molecule has 1 atom stereocenters. The number of nitrogens with zero attached hydrogens (tertiary/aromatic N) is 1. The van der Waals surface area contributed by atoms with E-state index < -0.39 is 23.7 Å². The van der Waals surface area contributed by atoms with Crippen LogP contribution in [0.15, 0.2) is 11.4 Å². The molecule has 0 radical (unpaired) electrons. The summed E-state index contributed by atoms with van der Waals surface area (Å²) in [5, 5.41) is 11.2. The van der Waals surface area contributed by atoms with E-state index in [2.05, 4.69) is 0 Å². The van der Waals surface area contributed by atoms with Crippen LogP contribution in [0.1, 0.15) is 31.2 Å². The lowest BCUT2D eigenvalue weighted by atomic mass is 10.0. The minimum absolute atomic E-state index is 0.296. The number of carbonyl (C=O) groups excluding carboxylic acids is 1. The fourth-order valence-electron chi connectivity index (χ4n) is 2.00. The smallest absolute Gasteiger partial charge is 0.411 e. The Morgan fingerprint density at radius 3 is 2.74 bits per heavy atom. The molecule has 0 aromatic carbocycles. The summed E-state index contributed by atoms with van der Waals surface area (Å²) in [7, 11) is 0. The summed E-state index contributed by atoms with van der Waals surface area (Å²) in [4.78, 5) is 25.8. The second kappa shape index (κ2) is 4.85. The van der Waals surface area contributed by atoms with Gasteiger partial charge in [-0.3, -0.25) is 4.90 Å². The van der Waals surface area contributed by atoms with Crippen molar-refractivity contribution in [1.82, 2.24) is 4.90 Å². The number of ether oxygens (including phenoxy) is 1. The quantitative estimate of drug-likeness (QED) is 0.860. The van der Waals surface area contributed by atoms with Gasteiger partial charge in [-0.25, -0.2) is 9.59 Å². The molecule has 19 heavy (non-hydrogen) atoms. The lowest BCUT2D eigenvalue weighted by Crippen LogP contribution is -2.49. The van der Waals surface area contributed by atoms with E-state index in [4.69, 9.17) is 4.74 Å². The number of carboxylic acid groups (broad SMARTS) is 1. The highest BCUT2D eigenvalue weighted by molar-refractivity contribution is 7.10. The molecular formula is C13H17NO4S. The molecule has 1 aromatic heterocycles. The van der Waals surface area contributed by atoms with Crippen molar-refractivity contribution < 1.29 is 19.4 Å². The summed E-state index contributed by atoms with van der Waals surface area (Å²) in [5.74, 6) is -0.995. The Bertz CT molecular complexity index is 503. The zero-order chi connectivity index (χ0) is 14.2. The topological polar surface area (TPSA) is 66.8 Å². The summed E-state index contributed by atoms with van der Waals surface area (Å²) in [6.07, 6.45) is -0.224. The van der Waals surface area contributed by atoms with E-state index in [1.807, 2.05) is 11.4 Å². The molecule has 0 spiro atoms. The van der Waals surface area contributed by atoms with Crippen molar-refractivity contribution in [1.29, 1.82) is 0 Å². The number of rotatable bonds is 1. The molecule has 0 saturated heterocycles. The molecule has 5 nitrogen and oxygen atoms in total. The number of carboxylic acids is 1. The molecule has 0 aliphatic carbocycles. The molecule has 2 rings (SSSR count). The highest BCUT2D eigenvalue weighted by atomic mass is 32.1. The highest BCUT2D eigenvalue weighted by Gasteiger charge is 2.37. The van der Waals surface area contributed by atoms with Gasteiger partial charge in [-0.05, 0) is 37.8 Å². The Kier molecular flexibility index (Phi) is 3.54. The first-order valence-electron chi connectivity index (χ1n) is 6.05. The van der Waals surface area contributed by atoms with Crippen LogP contribution < -0.4 is 0 Å². The number of fused-ring (bicyclic) bond motifs is 1. The van der Waals surface area contributed by atoms with E-state index in [-0.39, 0.29) is 0 Å². The molecule has 0 bridgehead atoms. The average Bonchev–Trinajstić information content (AvgIpc) is 2.71. The maximum Gasteiger partial charge on any atom is 0.411 e. The van der Waals surface area contributed by atoms with Crippen LogP contribution in [0.25, 0.3) is 0 Å². The van der Waals surface area contributed by atoms with Crippen LogP contribution in [0.2, 0.25) is 0 Å². The molecule has 1 amide bonds. The minimum atomic E-state index is -0.995. The van der Waals surface area contributed by atoms with Crippen LogP contribution in [0.5, 0.6) is 0 Å².